The van der Waals surface area contributed by atoms with E-state index < -0.39 is 0 Å². The number of nitrogens with one attached hydrogen (secondary N) is 2. The van der Waals surface area contributed by atoms with E-state index in [-0.39, 0.29) is 24.6 Å². The van der Waals surface area contributed by atoms with Crippen LogP contribution in [0, 0.1) is 12.8 Å². The number of halogens is 1. The summed E-state index contributed by atoms with van der Waals surface area (Å²) in [4.78, 5) is 11.7. The largest absolute Gasteiger partial charge is 0.396 e. The van der Waals surface area contributed by atoms with E-state index >= 15 is 0 Å². The normalized spacial score (nSPS) is 13.7. The lowest BCUT2D eigenvalue weighted by Gasteiger charge is -2.19. The number of aliphatic hydroxyl groups excluding tert-OH is 1. The van der Waals surface area contributed by atoms with Crippen LogP contribution in [0.4, 0.5) is 4.79 Å². The number of benzene rings is 1. The first-order valence-corrected chi connectivity index (χ1v) is 7.13. The van der Waals surface area contributed by atoms with Crippen LogP contribution in [0.15, 0.2) is 22.7 Å². The monoisotopic (exact) mass is 328 g/mol. The lowest BCUT2D eigenvalue weighted by Crippen LogP contribution is -2.44. The molecule has 5 heteroatoms. The van der Waals surface area contributed by atoms with Gasteiger partial charge in [-0.05, 0) is 43.0 Å². The van der Waals surface area contributed by atoms with Gasteiger partial charge >= 0.3 is 6.03 Å². The van der Waals surface area contributed by atoms with E-state index in [4.69, 9.17) is 5.11 Å². The Hall–Kier alpha value is -1.07. The Kier molecular flexibility index (Phi) is 6.31. The third kappa shape index (κ3) is 5.20. The second kappa shape index (κ2) is 7.50. The molecular weight excluding hydrogens is 308 g/mol. The van der Waals surface area contributed by atoms with Gasteiger partial charge in [0.15, 0.2) is 0 Å². The number of hydrogen-bond donors (Lipinski definition) is 3. The lowest BCUT2D eigenvalue weighted by atomic mass is 10.1. The van der Waals surface area contributed by atoms with Gasteiger partial charge in [-0.3, -0.25) is 0 Å². The molecule has 2 amide bonds. The third-order valence-corrected chi connectivity index (χ3v) is 3.74. The predicted octanol–water partition coefficient (Wildman–Crippen LogP) is 2.57. The molecule has 0 aliphatic heterocycles. The standard InChI is InChI=1S/C14H21BrN2O2/c1-9-6-13(15)5-4-12(9)7-16-14(19)17-11(3)10(2)8-18/h4-6,10-11,18H,7-8H2,1-3H3,(H2,16,17,19). The summed E-state index contributed by atoms with van der Waals surface area (Å²) in [5, 5.41) is 14.6. The van der Waals surface area contributed by atoms with E-state index in [2.05, 4.69) is 26.6 Å². The SMILES string of the molecule is Cc1cc(Br)ccc1CNC(=O)NC(C)C(C)CO. The number of amides is 2. The topological polar surface area (TPSA) is 61.4 Å². The van der Waals surface area contributed by atoms with Crippen LogP contribution in [0.3, 0.4) is 0 Å². The molecule has 2 atom stereocenters. The zero-order valence-electron chi connectivity index (χ0n) is 11.5. The van der Waals surface area contributed by atoms with E-state index in [1.807, 2.05) is 39.0 Å². The molecule has 1 aromatic rings. The van der Waals surface area contributed by atoms with Crippen LogP contribution in [0.25, 0.3) is 0 Å². The summed E-state index contributed by atoms with van der Waals surface area (Å²) in [6, 6.07) is 5.69. The second-order valence-electron chi connectivity index (χ2n) is 4.85. The van der Waals surface area contributed by atoms with E-state index in [0.29, 0.717) is 6.54 Å². The van der Waals surface area contributed by atoms with Crippen molar-refractivity contribution in [1.29, 1.82) is 0 Å². The van der Waals surface area contributed by atoms with Gasteiger partial charge in [-0.25, -0.2) is 4.79 Å². The zero-order valence-corrected chi connectivity index (χ0v) is 13.1. The molecular formula is C14H21BrN2O2. The van der Waals surface area contributed by atoms with E-state index in [9.17, 15) is 4.79 Å². The highest BCUT2D eigenvalue weighted by Crippen LogP contribution is 2.15. The van der Waals surface area contributed by atoms with Crippen molar-refractivity contribution < 1.29 is 9.90 Å². The maximum absolute atomic E-state index is 11.7. The van der Waals surface area contributed by atoms with Crippen molar-refractivity contribution in [1.82, 2.24) is 10.6 Å². The summed E-state index contributed by atoms with van der Waals surface area (Å²) in [6.45, 7) is 6.34. The molecule has 0 saturated carbocycles. The molecule has 106 valence electrons. The van der Waals surface area contributed by atoms with Crippen molar-refractivity contribution >= 4 is 22.0 Å². The van der Waals surface area contributed by atoms with Crippen molar-refractivity contribution in [3.63, 3.8) is 0 Å². The van der Waals surface area contributed by atoms with Gasteiger partial charge in [-0.2, -0.15) is 0 Å². The van der Waals surface area contributed by atoms with Crippen molar-refractivity contribution in [3.05, 3.63) is 33.8 Å². The van der Waals surface area contributed by atoms with Crippen LogP contribution in [0.2, 0.25) is 0 Å². The number of rotatable bonds is 5. The van der Waals surface area contributed by atoms with Crippen LogP contribution in [-0.4, -0.2) is 23.8 Å². The summed E-state index contributed by atoms with van der Waals surface area (Å²) in [5.41, 5.74) is 2.22. The Labute approximate surface area is 122 Å². The minimum Gasteiger partial charge on any atom is -0.396 e. The molecule has 0 aliphatic rings. The third-order valence-electron chi connectivity index (χ3n) is 3.24. The maximum atomic E-state index is 11.7. The molecule has 0 fully saturated rings. The number of aliphatic hydroxyl groups is 1. The minimum absolute atomic E-state index is 0.0418. The molecule has 4 nitrogen and oxygen atoms in total. The molecule has 0 aromatic heterocycles. The van der Waals surface area contributed by atoms with Crippen molar-refractivity contribution in [3.8, 4) is 0 Å². The molecule has 0 spiro atoms. The smallest absolute Gasteiger partial charge is 0.315 e. The van der Waals surface area contributed by atoms with Gasteiger partial charge < -0.3 is 15.7 Å². The van der Waals surface area contributed by atoms with Crippen LogP contribution in [0.5, 0.6) is 0 Å². The van der Waals surface area contributed by atoms with Gasteiger partial charge in [0, 0.05) is 23.7 Å². The fourth-order valence-electron chi connectivity index (χ4n) is 1.59. The summed E-state index contributed by atoms with van der Waals surface area (Å²) >= 11 is 3.41. The Morgan fingerprint density at radius 2 is 2.11 bits per heavy atom. The molecule has 0 heterocycles. The molecule has 0 bridgehead atoms. The highest BCUT2D eigenvalue weighted by molar-refractivity contribution is 9.10. The summed E-state index contributed by atoms with van der Waals surface area (Å²) in [7, 11) is 0. The van der Waals surface area contributed by atoms with Gasteiger partial charge in [0.25, 0.3) is 0 Å². The average molecular weight is 329 g/mol. The molecule has 1 rings (SSSR count). The summed E-state index contributed by atoms with van der Waals surface area (Å²) in [5.74, 6) is 0.0418. The number of carbonyl (C=O) groups is 1. The molecule has 0 saturated heterocycles. The maximum Gasteiger partial charge on any atom is 0.315 e. The first-order chi connectivity index (χ1) is 8.93. The van der Waals surface area contributed by atoms with Gasteiger partial charge in [0.05, 0.1) is 0 Å². The number of urea groups is 1. The zero-order chi connectivity index (χ0) is 14.4. The first kappa shape index (κ1) is 16.0. The second-order valence-corrected chi connectivity index (χ2v) is 5.76. The Morgan fingerprint density at radius 1 is 1.42 bits per heavy atom. The van der Waals surface area contributed by atoms with Gasteiger partial charge in [-0.15, -0.1) is 0 Å². The number of aryl methyl sites for hydroxylation is 1. The minimum atomic E-state index is -0.213. The van der Waals surface area contributed by atoms with Crippen molar-refractivity contribution in [2.45, 2.75) is 33.4 Å². The van der Waals surface area contributed by atoms with Crippen LogP contribution in [-0.2, 0) is 6.54 Å². The summed E-state index contributed by atoms with van der Waals surface area (Å²) in [6.07, 6.45) is 0. The highest BCUT2D eigenvalue weighted by atomic mass is 79.9. The highest BCUT2D eigenvalue weighted by Gasteiger charge is 2.13. The molecule has 2 unspecified atom stereocenters. The molecule has 3 N–H and O–H groups in total. The van der Waals surface area contributed by atoms with Crippen LogP contribution < -0.4 is 10.6 Å². The fourth-order valence-corrected chi connectivity index (χ4v) is 2.07. The van der Waals surface area contributed by atoms with E-state index in [0.717, 1.165) is 15.6 Å². The van der Waals surface area contributed by atoms with Gasteiger partial charge in [0.2, 0.25) is 0 Å². The molecule has 1 aromatic carbocycles. The predicted molar refractivity (Wildman–Crippen MR) is 80.0 cm³/mol. The van der Waals surface area contributed by atoms with Gasteiger partial charge in [-0.1, -0.05) is 28.9 Å². The number of hydrogen-bond acceptors (Lipinski definition) is 2. The van der Waals surface area contributed by atoms with Crippen LogP contribution >= 0.6 is 15.9 Å². The van der Waals surface area contributed by atoms with E-state index in [1.54, 1.807) is 0 Å². The Morgan fingerprint density at radius 3 is 2.68 bits per heavy atom. The van der Waals surface area contributed by atoms with Crippen molar-refractivity contribution in [2.24, 2.45) is 5.92 Å². The fraction of sp³-hybridized carbons (Fsp3) is 0.500. The van der Waals surface area contributed by atoms with E-state index in [1.165, 1.54) is 0 Å². The first-order valence-electron chi connectivity index (χ1n) is 6.34. The molecule has 0 aliphatic carbocycles. The molecule has 19 heavy (non-hydrogen) atoms. The summed E-state index contributed by atoms with van der Waals surface area (Å²) < 4.78 is 1.03. The van der Waals surface area contributed by atoms with Gasteiger partial charge in [0.1, 0.15) is 0 Å². The number of carbonyl (C=O) groups excluding carboxylic acids is 1. The van der Waals surface area contributed by atoms with Crippen LogP contribution in [0.1, 0.15) is 25.0 Å². The lowest BCUT2D eigenvalue weighted by molar-refractivity contribution is 0.200. The Bertz CT molecular complexity index is 437. The quantitative estimate of drug-likeness (QED) is 0.777. The average Bonchev–Trinajstić information content (AvgIpc) is 2.36. The van der Waals surface area contributed by atoms with Crippen molar-refractivity contribution in [2.75, 3.05) is 6.61 Å². The molecule has 0 radical (unpaired) electrons. The Balaban J connectivity index is 2.46.